The molecule has 1 heterocycles. The van der Waals surface area contributed by atoms with Crippen molar-refractivity contribution < 1.29 is 14.6 Å². The minimum atomic E-state index is -0.499. The Morgan fingerprint density at radius 2 is 2.17 bits per heavy atom. The molecule has 0 spiro atoms. The van der Waals surface area contributed by atoms with Gasteiger partial charge in [0.05, 0.1) is 11.8 Å². The average molecular weight is 332 g/mol. The van der Waals surface area contributed by atoms with Gasteiger partial charge in [0.15, 0.2) is 0 Å². The maximum absolute atomic E-state index is 12.5. The van der Waals surface area contributed by atoms with Crippen LogP contribution >= 0.6 is 0 Å². The Balaban J connectivity index is 1.68. The van der Waals surface area contributed by atoms with Crippen molar-refractivity contribution in [3.8, 4) is 0 Å². The van der Waals surface area contributed by atoms with Gasteiger partial charge in [0, 0.05) is 19.6 Å². The number of hydrogen-bond donors (Lipinski definition) is 2. The van der Waals surface area contributed by atoms with Crippen LogP contribution in [-0.4, -0.2) is 36.0 Å². The molecule has 1 fully saturated rings. The average Bonchev–Trinajstić information content (AvgIpc) is 3.24. The van der Waals surface area contributed by atoms with Gasteiger partial charge in [0.25, 0.3) is 0 Å². The van der Waals surface area contributed by atoms with E-state index < -0.39 is 5.60 Å². The van der Waals surface area contributed by atoms with Gasteiger partial charge in [-0.3, -0.25) is 4.90 Å². The zero-order chi connectivity index (χ0) is 17.3. The number of hydrogen-bond acceptors (Lipinski definition) is 4. The van der Waals surface area contributed by atoms with E-state index in [9.17, 15) is 9.90 Å². The predicted octanol–water partition coefficient (Wildman–Crippen LogP) is 2.84. The number of para-hydroxylation sites is 1. The molecule has 132 valence electrons. The van der Waals surface area contributed by atoms with E-state index in [1.165, 1.54) is 5.56 Å². The highest BCUT2D eigenvalue weighted by Crippen LogP contribution is 2.34. The zero-order valence-electron chi connectivity index (χ0n) is 14.8. The van der Waals surface area contributed by atoms with E-state index in [1.807, 2.05) is 32.9 Å². The number of anilines is 1. The molecule has 1 atom stereocenters. The van der Waals surface area contributed by atoms with Gasteiger partial charge in [-0.2, -0.15) is 0 Å². The molecular weight excluding hydrogens is 304 g/mol. The van der Waals surface area contributed by atoms with Crippen LogP contribution in [0.25, 0.3) is 0 Å². The highest BCUT2D eigenvalue weighted by Gasteiger charge is 2.31. The third-order valence-corrected chi connectivity index (χ3v) is 4.53. The number of aliphatic hydroxyl groups is 1. The first-order chi connectivity index (χ1) is 11.3. The topological polar surface area (TPSA) is 61.8 Å². The summed E-state index contributed by atoms with van der Waals surface area (Å²) in [6, 6.07) is 6.14. The summed E-state index contributed by atoms with van der Waals surface area (Å²) < 4.78 is 5.54. The van der Waals surface area contributed by atoms with Crippen molar-refractivity contribution in [1.29, 1.82) is 0 Å². The first kappa shape index (κ1) is 17.2. The second kappa shape index (κ2) is 6.73. The number of carbonyl (C=O) groups is 1. The van der Waals surface area contributed by atoms with Gasteiger partial charge >= 0.3 is 6.09 Å². The highest BCUT2D eigenvalue weighted by atomic mass is 16.6. The molecule has 0 saturated heterocycles. The smallest absolute Gasteiger partial charge is 0.414 e. The van der Waals surface area contributed by atoms with Gasteiger partial charge in [-0.25, -0.2) is 4.79 Å². The Morgan fingerprint density at radius 1 is 1.42 bits per heavy atom. The van der Waals surface area contributed by atoms with Crippen molar-refractivity contribution in [2.24, 2.45) is 5.92 Å². The molecule has 1 amide bonds. The van der Waals surface area contributed by atoms with E-state index in [-0.39, 0.29) is 12.2 Å². The van der Waals surface area contributed by atoms with Crippen LogP contribution < -0.4 is 10.2 Å². The number of fused-ring (bicyclic) bond motifs is 1. The fourth-order valence-electron chi connectivity index (χ4n) is 3.18. The van der Waals surface area contributed by atoms with Gasteiger partial charge in [0.1, 0.15) is 5.60 Å². The maximum atomic E-state index is 12.5. The Bertz CT molecular complexity index is 605. The summed E-state index contributed by atoms with van der Waals surface area (Å²) in [5.41, 5.74) is 2.74. The van der Waals surface area contributed by atoms with Crippen molar-refractivity contribution in [2.75, 3.05) is 18.0 Å². The Kier molecular flexibility index (Phi) is 4.83. The van der Waals surface area contributed by atoms with Gasteiger partial charge in [-0.15, -0.1) is 0 Å². The SMILES string of the molecule is CC(C)(C)OC(=O)N1CCc2cccc(CNCC(O)C3CC3)c21. The molecule has 5 heteroatoms. The molecule has 0 aromatic heterocycles. The van der Waals surface area contributed by atoms with Gasteiger partial charge in [-0.05, 0) is 57.1 Å². The molecule has 5 nitrogen and oxygen atoms in total. The quantitative estimate of drug-likeness (QED) is 0.870. The number of aliphatic hydroxyl groups excluding tert-OH is 1. The summed E-state index contributed by atoms with van der Waals surface area (Å²) in [6.07, 6.45) is 2.58. The van der Waals surface area contributed by atoms with Crippen LogP contribution in [0.2, 0.25) is 0 Å². The number of ether oxygens (including phenoxy) is 1. The molecule has 1 aromatic carbocycles. The van der Waals surface area contributed by atoms with E-state index in [0.29, 0.717) is 25.6 Å². The zero-order valence-corrected chi connectivity index (χ0v) is 14.8. The van der Waals surface area contributed by atoms with Crippen molar-refractivity contribution in [3.05, 3.63) is 29.3 Å². The van der Waals surface area contributed by atoms with E-state index >= 15 is 0 Å². The lowest BCUT2D eigenvalue weighted by molar-refractivity contribution is 0.0583. The maximum Gasteiger partial charge on any atom is 0.414 e. The van der Waals surface area contributed by atoms with E-state index in [4.69, 9.17) is 4.74 Å². The number of nitrogens with zero attached hydrogens (tertiary/aromatic N) is 1. The lowest BCUT2D eigenvalue weighted by Gasteiger charge is -2.26. The Hall–Kier alpha value is -1.59. The van der Waals surface area contributed by atoms with Crippen molar-refractivity contribution in [2.45, 2.75) is 58.3 Å². The molecular formula is C19H28N2O3. The molecule has 1 aliphatic carbocycles. The summed E-state index contributed by atoms with van der Waals surface area (Å²) >= 11 is 0. The summed E-state index contributed by atoms with van der Waals surface area (Å²) in [6.45, 7) is 7.55. The predicted molar refractivity (Wildman–Crippen MR) is 94.2 cm³/mol. The number of benzene rings is 1. The second-order valence-electron chi connectivity index (χ2n) is 7.84. The largest absolute Gasteiger partial charge is 0.443 e. The van der Waals surface area contributed by atoms with Crippen molar-refractivity contribution >= 4 is 11.8 Å². The summed E-state index contributed by atoms with van der Waals surface area (Å²) in [5, 5.41) is 13.3. The molecule has 24 heavy (non-hydrogen) atoms. The minimum Gasteiger partial charge on any atom is -0.443 e. The number of nitrogens with one attached hydrogen (secondary N) is 1. The number of amides is 1. The molecule has 1 aromatic rings. The number of carbonyl (C=O) groups excluding carboxylic acids is 1. The van der Waals surface area contributed by atoms with Crippen LogP contribution in [-0.2, 0) is 17.7 Å². The molecule has 2 N–H and O–H groups in total. The molecule has 1 aliphatic heterocycles. The second-order valence-corrected chi connectivity index (χ2v) is 7.84. The normalized spacial score (nSPS) is 18.4. The third kappa shape index (κ3) is 4.08. The molecule has 3 rings (SSSR count). The lowest BCUT2D eigenvalue weighted by Crippen LogP contribution is -2.36. The van der Waals surface area contributed by atoms with Gasteiger partial charge < -0.3 is 15.2 Å². The van der Waals surface area contributed by atoms with Crippen LogP contribution in [0.4, 0.5) is 10.5 Å². The van der Waals surface area contributed by atoms with Gasteiger partial charge in [-0.1, -0.05) is 18.2 Å². The van der Waals surface area contributed by atoms with E-state index in [1.54, 1.807) is 4.90 Å². The summed E-state index contributed by atoms with van der Waals surface area (Å²) in [7, 11) is 0. The van der Waals surface area contributed by atoms with Gasteiger partial charge in [0.2, 0.25) is 0 Å². The molecule has 1 saturated carbocycles. The molecule has 0 radical (unpaired) electrons. The Morgan fingerprint density at radius 3 is 2.83 bits per heavy atom. The van der Waals surface area contributed by atoms with E-state index in [0.717, 1.165) is 30.5 Å². The molecule has 1 unspecified atom stereocenters. The fourth-order valence-corrected chi connectivity index (χ4v) is 3.18. The van der Waals surface area contributed by atoms with Crippen LogP contribution in [0.3, 0.4) is 0 Å². The first-order valence-corrected chi connectivity index (χ1v) is 8.85. The van der Waals surface area contributed by atoms with Crippen LogP contribution in [0.15, 0.2) is 18.2 Å². The van der Waals surface area contributed by atoms with Crippen LogP contribution in [0.5, 0.6) is 0 Å². The third-order valence-electron chi connectivity index (χ3n) is 4.53. The molecule has 0 bridgehead atoms. The fraction of sp³-hybridized carbons (Fsp3) is 0.632. The molecule has 2 aliphatic rings. The Labute approximate surface area is 144 Å². The lowest BCUT2D eigenvalue weighted by atomic mass is 10.1. The monoisotopic (exact) mass is 332 g/mol. The first-order valence-electron chi connectivity index (χ1n) is 8.85. The van der Waals surface area contributed by atoms with Crippen molar-refractivity contribution in [3.63, 3.8) is 0 Å². The van der Waals surface area contributed by atoms with E-state index in [2.05, 4.69) is 11.4 Å². The minimum absolute atomic E-state index is 0.260. The standard InChI is InChI=1S/C19H28N2O3/c1-19(2,3)24-18(23)21-10-9-14-5-4-6-15(17(14)21)11-20-12-16(22)13-7-8-13/h4-6,13,16,20,22H,7-12H2,1-3H3. The number of rotatable bonds is 5. The van der Waals surface area contributed by atoms with Crippen molar-refractivity contribution in [1.82, 2.24) is 5.32 Å². The van der Waals surface area contributed by atoms with Crippen LogP contribution in [0.1, 0.15) is 44.7 Å². The summed E-state index contributed by atoms with van der Waals surface area (Å²) in [5.74, 6) is 0.470. The highest BCUT2D eigenvalue weighted by molar-refractivity contribution is 5.91. The summed E-state index contributed by atoms with van der Waals surface area (Å²) in [4.78, 5) is 14.2. The van der Waals surface area contributed by atoms with Crippen LogP contribution in [0, 0.1) is 5.92 Å².